The Morgan fingerprint density at radius 3 is 3.00 bits per heavy atom. The van der Waals surface area contributed by atoms with Gasteiger partial charge in [-0.2, -0.15) is 0 Å². The molecule has 0 unspecified atom stereocenters. The third-order valence-electron chi connectivity index (χ3n) is 2.75. The molecule has 16 heavy (non-hydrogen) atoms. The lowest BCUT2D eigenvalue weighted by Crippen LogP contribution is -2.33. The fourth-order valence-electron chi connectivity index (χ4n) is 1.57. The summed E-state index contributed by atoms with van der Waals surface area (Å²) in [7, 11) is 2.12. The molecule has 1 aromatic rings. The van der Waals surface area contributed by atoms with Gasteiger partial charge in [-0.05, 0) is 41.9 Å². The number of amides is 1. The van der Waals surface area contributed by atoms with Crippen LogP contribution in [0.3, 0.4) is 0 Å². The molecule has 0 radical (unpaired) electrons. The summed E-state index contributed by atoms with van der Waals surface area (Å²) in [4.78, 5) is 14.0. The van der Waals surface area contributed by atoms with Crippen molar-refractivity contribution in [1.29, 1.82) is 0 Å². The Kier molecular flexibility index (Phi) is 4.00. The first-order chi connectivity index (χ1) is 7.66. The molecule has 3 nitrogen and oxygen atoms in total. The molecule has 0 atom stereocenters. The minimum atomic E-state index is 0.0196. The second-order valence-corrected chi connectivity index (χ2v) is 6.40. The van der Waals surface area contributed by atoms with E-state index >= 15 is 0 Å². The molecule has 1 fully saturated rings. The maximum atomic E-state index is 11.7. The summed E-state index contributed by atoms with van der Waals surface area (Å²) >= 11 is 4.88. The molecule has 0 aliphatic heterocycles. The maximum Gasteiger partial charge on any atom is 0.252 e. The SMILES string of the molecule is CN(CCNC(=O)c1csc(Br)c1)C1CC1. The third kappa shape index (κ3) is 3.30. The predicted octanol–water partition coefficient (Wildman–Crippen LogP) is 2.33. The second kappa shape index (κ2) is 5.29. The van der Waals surface area contributed by atoms with Crippen LogP contribution in [0.2, 0.25) is 0 Å². The van der Waals surface area contributed by atoms with E-state index < -0.39 is 0 Å². The summed E-state index contributed by atoms with van der Waals surface area (Å²) < 4.78 is 0.993. The van der Waals surface area contributed by atoms with Crippen molar-refractivity contribution in [3.63, 3.8) is 0 Å². The highest BCUT2D eigenvalue weighted by Gasteiger charge is 2.25. The molecule has 0 aromatic carbocycles. The lowest BCUT2D eigenvalue weighted by atomic mass is 10.3. The second-order valence-electron chi connectivity index (χ2n) is 4.11. The van der Waals surface area contributed by atoms with Crippen LogP contribution in [0.1, 0.15) is 23.2 Å². The number of carbonyl (C=O) groups excluding carboxylic acids is 1. The fourth-order valence-corrected chi connectivity index (χ4v) is 2.71. The van der Waals surface area contributed by atoms with Crippen molar-refractivity contribution < 1.29 is 4.79 Å². The van der Waals surface area contributed by atoms with Crippen molar-refractivity contribution in [3.8, 4) is 0 Å². The largest absolute Gasteiger partial charge is 0.351 e. The highest BCUT2D eigenvalue weighted by atomic mass is 79.9. The van der Waals surface area contributed by atoms with E-state index in [2.05, 4.69) is 33.2 Å². The Balaban J connectivity index is 1.71. The van der Waals surface area contributed by atoms with Crippen LogP contribution in [0.4, 0.5) is 0 Å². The van der Waals surface area contributed by atoms with Gasteiger partial charge in [0.1, 0.15) is 0 Å². The van der Waals surface area contributed by atoms with Crippen LogP contribution in [0.25, 0.3) is 0 Å². The molecule has 1 N–H and O–H groups in total. The van der Waals surface area contributed by atoms with E-state index in [1.807, 2.05) is 11.4 Å². The number of halogens is 1. The monoisotopic (exact) mass is 302 g/mol. The van der Waals surface area contributed by atoms with Gasteiger partial charge in [0.2, 0.25) is 0 Å². The molecular weight excluding hydrogens is 288 g/mol. The number of thiophene rings is 1. The standard InChI is InChI=1S/C11H15BrN2OS/c1-14(9-2-3-9)5-4-13-11(15)8-6-10(12)16-7-8/h6-7,9H,2-5H2,1H3,(H,13,15). The summed E-state index contributed by atoms with van der Waals surface area (Å²) in [6, 6.07) is 2.61. The van der Waals surface area contributed by atoms with Gasteiger partial charge in [-0.1, -0.05) is 0 Å². The number of rotatable bonds is 5. The summed E-state index contributed by atoms with van der Waals surface area (Å²) in [6.45, 7) is 1.65. The van der Waals surface area contributed by atoms with Gasteiger partial charge < -0.3 is 10.2 Å². The molecule has 0 spiro atoms. The van der Waals surface area contributed by atoms with Gasteiger partial charge in [0.25, 0.3) is 5.91 Å². The van der Waals surface area contributed by atoms with Gasteiger partial charge in [-0.25, -0.2) is 0 Å². The lowest BCUT2D eigenvalue weighted by Gasteiger charge is -2.15. The van der Waals surface area contributed by atoms with Crippen molar-refractivity contribution in [2.45, 2.75) is 18.9 Å². The van der Waals surface area contributed by atoms with Gasteiger partial charge in [-0.3, -0.25) is 4.79 Å². The van der Waals surface area contributed by atoms with Gasteiger partial charge in [0, 0.05) is 24.5 Å². The average Bonchev–Trinajstić information content (AvgIpc) is 3.01. The Morgan fingerprint density at radius 1 is 1.69 bits per heavy atom. The smallest absolute Gasteiger partial charge is 0.252 e. The van der Waals surface area contributed by atoms with E-state index in [0.717, 1.165) is 28.5 Å². The average molecular weight is 303 g/mol. The number of likely N-dealkylation sites (N-methyl/N-ethyl adjacent to an activating group) is 1. The molecule has 1 amide bonds. The molecule has 88 valence electrons. The van der Waals surface area contributed by atoms with E-state index in [0.29, 0.717) is 0 Å². The first kappa shape index (κ1) is 12.1. The first-order valence-corrected chi connectivity index (χ1v) is 7.06. The molecule has 5 heteroatoms. The van der Waals surface area contributed by atoms with Crippen molar-refractivity contribution in [2.24, 2.45) is 0 Å². The van der Waals surface area contributed by atoms with Gasteiger partial charge in [0.05, 0.1) is 9.35 Å². The molecule has 1 aliphatic rings. The molecule has 1 aromatic heterocycles. The lowest BCUT2D eigenvalue weighted by molar-refractivity contribution is 0.0950. The minimum absolute atomic E-state index is 0.0196. The molecule has 0 saturated heterocycles. The summed E-state index contributed by atoms with van der Waals surface area (Å²) in [5.74, 6) is 0.0196. The highest BCUT2D eigenvalue weighted by molar-refractivity contribution is 9.11. The van der Waals surface area contributed by atoms with Crippen LogP contribution in [0.5, 0.6) is 0 Å². The van der Waals surface area contributed by atoms with E-state index in [-0.39, 0.29) is 5.91 Å². The quantitative estimate of drug-likeness (QED) is 0.905. The van der Waals surface area contributed by atoms with E-state index in [1.165, 1.54) is 24.2 Å². The van der Waals surface area contributed by atoms with Gasteiger partial charge in [-0.15, -0.1) is 11.3 Å². The zero-order valence-electron chi connectivity index (χ0n) is 9.20. The molecule has 1 aliphatic carbocycles. The Hall–Kier alpha value is -0.390. The zero-order chi connectivity index (χ0) is 11.5. The van der Waals surface area contributed by atoms with Gasteiger partial charge in [0.15, 0.2) is 0 Å². The summed E-state index contributed by atoms with van der Waals surface area (Å²) in [5, 5.41) is 4.80. The first-order valence-electron chi connectivity index (χ1n) is 5.39. The zero-order valence-corrected chi connectivity index (χ0v) is 11.6. The third-order valence-corrected chi connectivity index (χ3v) is 4.25. The Morgan fingerprint density at radius 2 is 2.44 bits per heavy atom. The number of carbonyl (C=O) groups is 1. The normalized spacial score (nSPS) is 15.4. The van der Waals surface area contributed by atoms with Crippen molar-refractivity contribution in [3.05, 3.63) is 20.8 Å². The highest BCUT2D eigenvalue weighted by Crippen LogP contribution is 2.24. The molecule has 1 saturated carbocycles. The van der Waals surface area contributed by atoms with Crippen LogP contribution >= 0.6 is 27.3 Å². The van der Waals surface area contributed by atoms with E-state index in [9.17, 15) is 4.79 Å². The van der Waals surface area contributed by atoms with E-state index in [1.54, 1.807) is 0 Å². The van der Waals surface area contributed by atoms with Gasteiger partial charge >= 0.3 is 0 Å². The number of hydrogen-bond donors (Lipinski definition) is 1. The fraction of sp³-hybridized carbons (Fsp3) is 0.545. The molecular formula is C11H15BrN2OS. The van der Waals surface area contributed by atoms with Crippen molar-refractivity contribution in [1.82, 2.24) is 10.2 Å². The molecule has 0 bridgehead atoms. The van der Waals surface area contributed by atoms with Crippen molar-refractivity contribution in [2.75, 3.05) is 20.1 Å². The minimum Gasteiger partial charge on any atom is -0.351 e. The number of nitrogens with zero attached hydrogens (tertiary/aromatic N) is 1. The van der Waals surface area contributed by atoms with Crippen LogP contribution in [0.15, 0.2) is 15.2 Å². The van der Waals surface area contributed by atoms with Crippen LogP contribution in [0, 0.1) is 0 Å². The Bertz CT molecular complexity index is 376. The molecule has 2 rings (SSSR count). The van der Waals surface area contributed by atoms with Crippen LogP contribution in [-0.2, 0) is 0 Å². The number of hydrogen-bond acceptors (Lipinski definition) is 3. The summed E-state index contributed by atoms with van der Waals surface area (Å²) in [6.07, 6.45) is 2.61. The topological polar surface area (TPSA) is 32.3 Å². The molecule has 1 heterocycles. The predicted molar refractivity (Wildman–Crippen MR) is 70.0 cm³/mol. The van der Waals surface area contributed by atoms with Crippen molar-refractivity contribution >= 4 is 33.2 Å². The summed E-state index contributed by atoms with van der Waals surface area (Å²) in [5.41, 5.74) is 0.742. The Labute approximate surface area is 108 Å². The van der Waals surface area contributed by atoms with Crippen LogP contribution < -0.4 is 5.32 Å². The maximum absolute atomic E-state index is 11.7. The van der Waals surface area contributed by atoms with E-state index in [4.69, 9.17) is 0 Å². The van der Waals surface area contributed by atoms with Crippen LogP contribution in [-0.4, -0.2) is 37.0 Å². The number of nitrogens with one attached hydrogen (secondary N) is 1.